The van der Waals surface area contributed by atoms with Crippen molar-refractivity contribution in [1.82, 2.24) is 9.97 Å². The summed E-state index contributed by atoms with van der Waals surface area (Å²) in [4.78, 5) is 21.0. The van der Waals surface area contributed by atoms with E-state index >= 15 is 0 Å². The number of nitrogens with zero attached hydrogens (tertiary/aromatic N) is 2. The number of carbonyl (C=O) groups excluding carboxylic acids is 1. The van der Waals surface area contributed by atoms with Crippen LogP contribution >= 0.6 is 0 Å². The molecule has 2 rings (SSSR count). The van der Waals surface area contributed by atoms with Crippen molar-refractivity contribution in [3.8, 4) is 17.0 Å². The molecule has 1 aromatic carbocycles. The number of aryl methyl sites for hydroxylation is 1. The van der Waals surface area contributed by atoms with Gasteiger partial charge in [-0.1, -0.05) is 77.3 Å². The highest BCUT2D eigenvalue weighted by molar-refractivity contribution is 5.77. The maximum atomic E-state index is 12.3. The van der Waals surface area contributed by atoms with Gasteiger partial charge in [-0.25, -0.2) is 9.97 Å². The van der Waals surface area contributed by atoms with Gasteiger partial charge in [0.25, 0.3) is 0 Å². The van der Waals surface area contributed by atoms with Gasteiger partial charge in [0.2, 0.25) is 0 Å². The average Bonchev–Trinajstić information content (AvgIpc) is 2.74. The molecule has 29 heavy (non-hydrogen) atoms. The molecule has 158 valence electrons. The molecule has 0 N–H and O–H groups in total. The molecule has 2 aromatic rings. The molecule has 0 spiro atoms. The minimum atomic E-state index is -0.167. The maximum Gasteiger partial charge on any atom is 0.311 e. The minimum Gasteiger partial charge on any atom is -0.426 e. The Bertz CT molecular complexity index is 730. The van der Waals surface area contributed by atoms with E-state index in [9.17, 15) is 4.79 Å². The lowest BCUT2D eigenvalue weighted by Crippen LogP contribution is -2.09. The minimum absolute atomic E-state index is 0.167. The van der Waals surface area contributed by atoms with Gasteiger partial charge in [-0.05, 0) is 37.0 Å². The molecule has 0 aliphatic carbocycles. The van der Waals surface area contributed by atoms with Crippen molar-refractivity contribution < 1.29 is 9.53 Å². The average molecular weight is 397 g/mol. The number of aromatic nitrogens is 2. The smallest absolute Gasteiger partial charge is 0.311 e. The topological polar surface area (TPSA) is 52.1 Å². The first-order valence-electron chi connectivity index (χ1n) is 11.3. The first kappa shape index (κ1) is 23.1. The van der Waals surface area contributed by atoms with E-state index in [4.69, 9.17) is 4.74 Å². The monoisotopic (exact) mass is 396 g/mol. The van der Waals surface area contributed by atoms with E-state index in [0.717, 1.165) is 55.3 Å². The highest BCUT2D eigenvalue weighted by atomic mass is 16.5. The van der Waals surface area contributed by atoms with E-state index in [-0.39, 0.29) is 5.97 Å². The van der Waals surface area contributed by atoms with Crippen LogP contribution in [-0.2, 0) is 11.2 Å². The second-order valence-corrected chi connectivity index (χ2v) is 7.70. The first-order chi connectivity index (χ1) is 14.3. The van der Waals surface area contributed by atoms with E-state index in [2.05, 4.69) is 23.8 Å². The van der Waals surface area contributed by atoms with Crippen LogP contribution in [0.1, 0.15) is 90.0 Å². The van der Waals surface area contributed by atoms with Crippen LogP contribution < -0.4 is 4.74 Å². The Labute approximate surface area is 176 Å². The molecule has 0 radical (unpaired) electrons. The fraction of sp³-hybridized carbons (Fsp3) is 0.560. The van der Waals surface area contributed by atoms with Crippen molar-refractivity contribution in [2.75, 3.05) is 0 Å². The second-order valence-electron chi connectivity index (χ2n) is 7.70. The van der Waals surface area contributed by atoms with Crippen LogP contribution in [-0.4, -0.2) is 15.9 Å². The molecule has 4 nitrogen and oxygen atoms in total. The predicted molar refractivity (Wildman–Crippen MR) is 119 cm³/mol. The third-order valence-electron chi connectivity index (χ3n) is 5.19. The zero-order valence-corrected chi connectivity index (χ0v) is 18.2. The van der Waals surface area contributed by atoms with Crippen molar-refractivity contribution in [3.05, 3.63) is 42.4 Å². The molecule has 1 heterocycles. The van der Waals surface area contributed by atoms with E-state index < -0.39 is 0 Å². The summed E-state index contributed by atoms with van der Waals surface area (Å²) in [6.07, 6.45) is 16.7. The van der Waals surface area contributed by atoms with Gasteiger partial charge in [-0.3, -0.25) is 4.79 Å². The third-order valence-corrected chi connectivity index (χ3v) is 5.19. The van der Waals surface area contributed by atoms with Gasteiger partial charge in [-0.2, -0.15) is 0 Å². The molecule has 0 atom stereocenters. The summed E-state index contributed by atoms with van der Waals surface area (Å²) < 4.78 is 5.71. The lowest BCUT2D eigenvalue weighted by atomic mass is 10.0. The molecular formula is C25H36N2O2. The number of ether oxygens (including phenoxy) is 1. The number of carbonyl (C=O) groups is 1. The Kier molecular flexibility index (Phi) is 11.0. The maximum absolute atomic E-state index is 12.3. The van der Waals surface area contributed by atoms with Crippen molar-refractivity contribution in [2.45, 2.75) is 90.9 Å². The summed E-state index contributed by atoms with van der Waals surface area (Å²) >= 11 is 0. The Morgan fingerprint density at radius 2 is 1.59 bits per heavy atom. The summed E-state index contributed by atoms with van der Waals surface area (Å²) in [6, 6.07) is 7.70. The second kappa shape index (κ2) is 13.9. The first-order valence-corrected chi connectivity index (χ1v) is 11.3. The number of hydrogen-bond donors (Lipinski definition) is 0. The van der Waals surface area contributed by atoms with E-state index in [1.54, 1.807) is 6.33 Å². The number of rotatable bonds is 14. The predicted octanol–water partition coefficient (Wildman–Crippen LogP) is 6.92. The van der Waals surface area contributed by atoms with Crippen LogP contribution in [0.15, 0.2) is 36.8 Å². The van der Waals surface area contributed by atoms with Crippen LogP contribution in [0, 0.1) is 0 Å². The fourth-order valence-corrected chi connectivity index (χ4v) is 3.50. The van der Waals surface area contributed by atoms with Gasteiger partial charge in [0.05, 0.1) is 5.69 Å². The zero-order valence-electron chi connectivity index (χ0n) is 18.2. The van der Waals surface area contributed by atoms with Gasteiger partial charge >= 0.3 is 5.97 Å². The van der Waals surface area contributed by atoms with Gasteiger partial charge in [0.15, 0.2) is 0 Å². The fourth-order valence-electron chi connectivity index (χ4n) is 3.50. The highest BCUT2D eigenvalue weighted by Crippen LogP contribution is 2.31. The summed E-state index contributed by atoms with van der Waals surface area (Å²) in [7, 11) is 0. The summed E-state index contributed by atoms with van der Waals surface area (Å²) in [6.45, 7) is 4.40. The Balaban J connectivity index is 2.02. The number of unbranched alkanes of at least 4 members (excludes halogenated alkanes) is 8. The molecule has 0 amide bonds. The molecule has 1 aromatic heterocycles. The molecule has 0 fully saturated rings. The van der Waals surface area contributed by atoms with Gasteiger partial charge in [-0.15, -0.1) is 0 Å². The van der Waals surface area contributed by atoms with Gasteiger partial charge < -0.3 is 4.74 Å². The van der Waals surface area contributed by atoms with Crippen molar-refractivity contribution >= 4 is 5.97 Å². The molecule has 0 bridgehead atoms. The highest BCUT2D eigenvalue weighted by Gasteiger charge is 2.14. The number of hydrogen-bond acceptors (Lipinski definition) is 4. The molecule has 0 saturated carbocycles. The number of esters is 1. The van der Waals surface area contributed by atoms with Crippen LogP contribution in [0.5, 0.6) is 5.75 Å². The van der Waals surface area contributed by atoms with Crippen LogP contribution in [0.25, 0.3) is 11.3 Å². The molecule has 0 saturated heterocycles. The van der Waals surface area contributed by atoms with E-state index in [1.807, 2.05) is 30.5 Å². The summed E-state index contributed by atoms with van der Waals surface area (Å²) in [5.41, 5.74) is 2.87. The van der Waals surface area contributed by atoms with Crippen LogP contribution in [0.2, 0.25) is 0 Å². The molecule has 0 unspecified atom stereocenters. The van der Waals surface area contributed by atoms with Crippen molar-refractivity contribution in [3.63, 3.8) is 0 Å². The van der Waals surface area contributed by atoms with E-state index in [0.29, 0.717) is 12.2 Å². The quantitative estimate of drug-likeness (QED) is 0.197. The molecule has 0 aliphatic rings. The van der Waals surface area contributed by atoms with Gasteiger partial charge in [0.1, 0.15) is 12.1 Å². The van der Waals surface area contributed by atoms with Crippen molar-refractivity contribution in [2.24, 2.45) is 0 Å². The summed E-state index contributed by atoms with van der Waals surface area (Å²) in [5, 5.41) is 0. The van der Waals surface area contributed by atoms with Crippen LogP contribution in [0.4, 0.5) is 0 Å². The molecular weight excluding hydrogens is 360 g/mol. The zero-order chi connectivity index (χ0) is 20.7. The SMILES string of the molecule is CCCCCCCCc1cncnc1-c1ccccc1OC(=O)CCCCCC. The normalized spacial score (nSPS) is 10.8. The van der Waals surface area contributed by atoms with Gasteiger partial charge in [0, 0.05) is 18.2 Å². The van der Waals surface area contributed by atoms with Crippen molar-refractivity contribution in [1.29, 1.82) is 0 Å². The number of benzene rings is 1. The number of para-hydroxylation sites is 1. The Hall–Kier alpha value is -2.23. The lowest BCUT2D eigenvalue weighted by Gasteiger charge is -2.12. The lowest BCUT2D eigenvalue weighted by molar-refractivity contribution is -0.134. The Morgan fingerprint density at radius 1 is 0.897 bits per heavy atom. The standard InChI is InChI=1S/C25H36N2O2/c1-3-5-7-9-10-11-15-21-19-26-20-27-25(21)22-16-13-14-17-23(22)29-24(28)18-12-8-6-4-2/h13-14,16-17,19-20H,3-12,15,18H2,1-2H3. The Morgan fingerprint density at radius 3 is 2.38 bits per heavy atom. The van der Waals surface area contributed by atoms with Crippen LogP contribution in [0.3, 0.4) is 0 Å². The molecule has 4 heteroatoms. The summed E-state index contributed by atoms with van der Waals surface area (Å²) in [5.74, 6) is 0.427. The molecule has 0 aliphatic heterocycles. The third kappa shape index (κ3) is 8.35. The largest absolute Gasteiger partial charge is 0.426 e. The van der Waals surface area contributed by atoms with E-state index in [1.165, 1.54) is 32.1 Å².